The van der Waals surface area contributed by atoms with Gasteiger partial charge in [-0.1, -0.05) is 24.3 Å². The Morgan fingerprint density at radius 2 is 1.73 bits per heavy atom. The minimum atomic E-state index is -3.70. The van der Waals surface area contributed by atoms with Crippen LogP contribution in [-0.2, 0) is 10.0 Å². The summed E-state index contributed by atoms with van der Waals surface area (Å²) in [6, 6.07) is 15.5. The first kappa shape index (κ1) is 14.3. The van der Waals surface area contributed by atoms with Gasteiger partial charge in [0.2, 0.25) is 0 Å². The highest BCUT2D eigenvalue weighted by Crippen LogP contribution is 2.24. The fourth-order valence-electron chi connectivity index (χ4n) is 2.14. The number of nitrogens with zero attached hydrogens (tertiary/aromatic N) is 1. The molecule has 1 aromatic heterocycles. The van der Waals surface area contributed by atoms with Gasteiger partial charge in [0.25, 0.3) is 10.0 Å². The second kappa shape index (κ2) is 5.65. The van der Waals surface area contributed by atoms with Crippen molar-refractivity contribution in [2.75, 3.05) is 11.8 Å². The number of ether oxygens (including phenoxy) is 1. The normalized spacial score (nSPS) is 11.3. The molecule has 0 saturated heterocycles. The van der Waals surface area contributed by atoms with E-state index < -0.39 is 10.0 Å². The van der Waals surface area contributed by atoms with Crippen LogP contribution in [0.25, 0.3) is 10.8 Å². The van der Waals surface area contributed by atoms with Crippen LogP contribution in [0, 0.1) is 0 Å². The lowest BCUT2D eigenvalue weighted by molar-refractivity contribution is 0.414. The maximum absolute atomic E-state index is 12.5. The second-order valence-corrected chi connectivity index (χ2v) is 6.34. The van der Waals surface area contributed by atoms with Gasteiger partial charge in [-0.15, -0.1) is 0 Å². The number of hydrogen-bond acceptors (Lipinski definition) is 4. The van der Waals surface area contributed by atoms with E-state index in [1.807, 2.05) is 30.3 Å². The van der Waals surface area contributed by atoms with E-state index in [9.17, 15) is 8.42 Å². The minimum Gasteiger partial charge on any atom is -0.497 e. The number of aromatic nitrogens is 1. The molecule has 1 N–H and O–H groups in total. The number of sulfonamides is 1. The molecule has 5 nitrogen and oxygen atoms in total. The molecule has 0 saturated carbocycles. The Labute approximate surface area is 128 Å². The molecule has 3 rings (SSSR count). The summed E-state index contributed by atoms with van der Waals surface area (Å²) in [7, 11) is -2.17. The quantitative estimate of drug-likeness (QED) is 0.803. The first-order chi connectivity index (χ1) is 10.6. The number of nitrogens with one attached hydrogen (secondary N) is 1. The molecule has 22 heavy (non-hydrogen) atoms. The van der Waals surface area contributed by atoms with Gasteiger partial charge in [0, 0.05) is 11.6 Å². The standard InChI is InChI=1S/C16H14N2O3S/c1-21-13-6-8-14(9-7-13)22(19,20)18-16-15-5-3-2-4-12(15)10-11-17-16/h2-11H,1H3,(H,17,18). The largest absolute Gasteiger partial charge is 0.497 e. The predicted octanol–water partition coefficient (Wildman–Crippen LogP) is 3.04. The molecule has 0 aliphatic heterocycles. The minimum absolute atomic E-state index is 0.156. The first-order valence-electron chi connectivity index (χ1n) is 6.61. The van der Waals surface area contributed by atoms with Gasteiger partial charge in [0.05, 0.1) is 12.0 Å². The molecular formula is C16H14N2O3S. The lowest BCUT2D eigenvalue weighted by atomic mass is 10.2. The van der Waals surface area contributed by atoms with Gasteiger partial charge < -0.3 is 4.74 Å². The van der Waals surface area contributed by atoms with Gasteiger partial charge in [-0.25, -0.2) is 13.4 Å². The Bertz CT molecular complexity index is 901. The zero-order valence-electron chi connectivity index (χ0n) is 11.9. The third-order valence-corrected chi connectivity index (χ3v) is 4.63. The summed E-state index contributed by atoms with van der Waals surface area (Å²) in [5.74, 6) is 0.913. The van der Waals surface area contributed by atoms with Crippen LogP contribution in [0.3, 0.4) is 0 Å². The van der Waals surface area contributed by atoms with Crippen molar-refractivity contribution in [3.05, 3.63) is 60.8 Å². The van der Waals surface area contributed by atoms with Crippen molar-refractivity contribution in [3.63, 3.8) is 0 Å². The van der Waals surface area contributed by atoms with Crippen LogP contribution in [0.15, 0.2) is 65.7 Å². The van der Waals surface area contributed by atoms with Crippen molar-refractivity contribution in [1.82, 2.24) is 4.98 Å². The molecule has 0 fully saturated rings. The highest BCUT2D eigenvalue weighted by atomic mass is 32.2. The van der Waals surface area contributed by atoms with E-state index in [0.29, 0.717) is 11.6 Å². The van der Waals surface area contributed by atoms with Crippen LogP contribution in [0.4, 0.5) is 5.82 Å². The highest BCUT2D eigenvalue weighted by molar-refractivity contribution is 7.92. The zero-order chi connectivity index (χ0) is 15.6. The SMILES string of the molecule is COc1ccc(S(=O)(=O)Nc2nccc3ccccc23)cc1. The van der Waals surface area contributed by atoms with Crippen LogP contribution in [-0.4, -0.2) is 20.5 Å². The van der Waals surface area contributed by atoms with E-state index in [2.05, 4.69) is 9.71 Å². The molecule has 0 spiro atoms. The van der Waals surface area contributed by atoms with E-state index in [-0.39, 0.29) is 4.90 Å². The van der Waals surface area contributed by atoms with Crippen molar-refractivity contribution in [1.29, 1.82) is 0 Å². The summed E-state index contributed by atoms with van der Waals surface area (Å²) in [5, 5.41) is 1.67. The van der Waals surface area contributed by atoms with Crippen molar-refractivity contribution in [3.8, 4) is 5.75 Å². The average Bonchev–Trinajstić information content (AvgIpc) is 2.55. The Morgan fingerprint density at radius 1 is 1.00 bits per heavy atom. The van der Waals surface area contributed by atoms with E-state index in [4.69, 9.17) is 4.74 Å². The molecule has 0 radical (unpaired) electrons. The lowest BCUT2D eigenvalue weighted by Crippen LogP contribution is -2.14. The molecule has 0 aliphatic rings. The second-order valence-electron chi connectivity index (χ2n) is 4.66. The molecule has 112 valence electrons. The summed E-state index contributed by atoms with van der Waals surface area (Å²) in [6.45, 7) is 0. The third kappa shape index (κ3) is 2.73. The van der Waals surface area contributed by atoms with E-state index in [1.54, 1.807) is 18.3 Å². The molecule has 0 aliphatic carbocycles. The van der Waals surface area contributed by atoms with Gasteiger partial charge in [-0.2, -0.15) is 0 Å². The summed E-state index contributed by atoms with van der Waals surface area (Å²) in [6.07, 6.45) is 1.58. The Morgan fingerprint density at radius 3 is 2.45 bits per heavy atom. The number of hydrogen-bond donors (Lipinski definition) is 1. The summed E-state index contributed by atoms with van der Waals surface area (Å²) >= 11 is 0. The van der Waals surface area contributed by atoms with E-state index in [0.717, 1.165) is 10.8 Å². The number of fused-ring (bicyclic) bond motifs is 1. The van der Waals surface area contributed by atoms with Crippen LogP contribution in [0.1, 0.15) is 0 Å². The van der Waals surface area contributed by atoms with Crippen LogP contribution in [0.2, 0.25) is 0 Å². The highest BCUT2D eigenvalue weighted by Gasteiger charge is 2.16. The van der Waals surface area contributed by atoms with Gasteiger partial charge in [-0.3, -0.25) is 4.72 Å². The first-order valence-corrected chi connectivity index (χ1v) is 8.09. The maximum atomic E-state index is 12.5. The molecular weight excluding hydrogens is 300 g/mol. The number of rotatable bonds is 4. The maximum Gasteiger partial charge on any atom is 0.263 e. The lowest BCUT2D eigenvalue weighted by Gasteiger charge is -2.10. The van der Waals surface area contributed by atoms with Crippen LogP contribution >= 0.6 is 0 Å². The molecule has 1 heterocycles. The van der Waals surface area contributed by atoms with Crippen molar-refractivity contribution in [2.24, 2.45) is 0 Å². The monoisotopic (exact) mass is 314 g/mol. The van der Waals surface area contributed by atoms with Crippen molar-refractivity contribution >= 4 is 26.6 Å². The fourth-order valence-corrected chi connectivity index (χ4v) is 3.17. The van der Waals surface area contributed by atoms with Gasteiger partial charge >= 0.3 is 0 Å². The fraction of sp³-hybridized carbons (Fsp3) is 0.0625. The van der Waals surface area contributed by atoms with Crippen LogP contribution < -0.4 is 9.46 Å². The molecule has 0 unspecified atom stereocenters. The Balaban J connectivity index is 1.99. The molecule has 0 bridgehead atoms. The summed E-state index contributed by atoms with van der Waals surface area (Å²) in [4.78, 5) is 4.29. The predicted molar refractivity (Wildman–Crippen MR) is 85.5 cm³/mol. The number of anilines is 1. The zero-order valence-corrected chi connectivity index (χ0v) is 12.7. The van der Waals surface area contributed by atoms with Crippen molar-refractivity contribution < 1.29 is 13.2 Å². The average molecular weight is 314 g/mol. The summed E-state index contributed by atoms with van der Waals surface area (Å²) in [5.41, 5.74) is 0. The smallest absolute Gasteiger partial charge is 0.263 e. The van der Waals surface area contributed by atoms with Gasteiger partial charge in [0.15, 0.2) is 0 Å². The summed E-state index contributed by atoms with van der Waals surface area (Å²) < 4.78 is 32.5. The topological polar surface area (TPSA) is 68.3 Å². The number of methoxy groups -OCH3 is 1. The third-order valence-electron chi connectivity index (χ3n) is 3.27. The Hall–Kier alpha value is -2.60. The van der Waals surface area contributed by atoms with E-state index in [1.165, 1.54) is 19.2 Å². The van der Waals surface area contributed by atoms with E-state index >= 15 is 0 Å². The van der Waals surface area contributed by atoms with Crippen LogP contribution in [0.5, 0.6) is 5.75 Å². The van der Waals surface area contributed by atoms with Gasteiger partial charge in [0.1, 0.15) is 11.6 Å². The molecule has 0 atom stereocenters. The number of benzene rings is 2. The van der Waals surface area contributed by atoms with Crippen molar-refractivity contribution in [2.45, 2.75) is 4.90 Å². The number of pyridine rings is 1. The molecule has 0 amide bonds. The van der Waals surface area contributed by atoms with Gasteiger partial charge in [-0.05, 0) is 35.7 Å². The Kier molecular flexibility index (Phi) is 3.68. The molecule has 2 aromatic carbocycles. The molecule has 3 aromatic rings. The molecule has 6 heteroatoms.